The van der Waals surface area contributed by atoms with Crippen LogP contribution >= 0.6 is 34.8 Å². The molecule has 1 heterocycles. The van der Waals surface area contributed by atoms with E-state index in [0.717, 1.165) is 31.3 Å². The molecule has 0 bridgehead atoms. The van der Waals surface area contributed by atoms with Crippen LogP contribution in [-0.2, 0) is 4.79 Å². The van der Waals surface area contributed by atoms with Crippen molar-refractivity contribution in [2.24, 2.45) is 0 Å². The first-order chi connectivity index (χ1) is 7.41. The molecule has 5 heteroatoms. The van der Waals surface area contributed by atoms with Crippen LogP contribution in [0.2, 0.25) is 0 Å². The van der Waals surface area contributed by atoms with Crippen LogP contribution in [0.15, 0.2) is 23.9 Å². The number of nitrogens with one attached hydrogen (secondary N) is 1. The van der Waals surface area contributed by atoms with Gasteiger partial charge in [-0.25, -0.2) is 0 Å². The Labute approximate surface area is 111 Å². The molecule has 0 saturated carbocycles. The van der Waals surface area contributed by atoms with E-state index in [4.69, 9.17) is 34.8 Å². The molecule has 0 amide bonds. The van der Waals surface area contributed by atoms with Crippen LogP contribution in [0, 0.1) is 0 Å². The summed E-state index contributed by atoms with van der Waals surface area (Å²) in [4.78, 5) is 11.8. The van der Waals surface area contributed by atoms with Crippen LogP contribution in [0.5, 0.6) is 0 Å². The second kappa shape index (κ2) is 5.95. The second-order valence-electron chi connectivity index (χ2n) is 3.78. The quantitative estimate of drug-likeness (QED) is 0.746. The van der Waals surface area contributed by atoms with Gasteiger partial charge in [0.2, 0.25) is 5.78 Å². The van der Waals surface area contributed by atoms with Crippen molar-refractivity contribution in [1.82, 2.24) is 5.32 Å². The van der Waals surface area contributed by atoms with Gasteiger partial charge in [0.25, 0.3) is 3.79 Å². The lowest BCUT2D eigenvalue weighted by Gasteiger charge is -2.14. The predicted molar refractivity (Wildman–Crippen MR) is 69.0 cm³/mol. The molecular weight excluding hydrogens is 268 g/mol. The first kappa shape index (κ1) is 13.9. The number of carbonyl (C=O) groups is 1. The van der Waals surface area contributed by atoms with Crippen molar-refractivity contribution >= 4 is 40.6 Å². The predicted octanol–water partition coefficient (Wildman–Crippen LogP) is 3.53. The summed E-state index contributed by atoms with van der Waals surface area (Å²) >= 11 is 16.7. The molecule has 0 fully saturated rings. The molecule has 0 aromatic heterocycles. The lowest BCUT2D eigenvalue weighted by molar-refractivity contribution is -0.115. The molecule has 1 N–H and O–H groups in total. The molecule has 1 rings (SSSR count). The largest absolute Gasteiger partial charge is 0.382 e. The summed E-state index contributed by atoms with van der Waals surface area (Å²) in [6.07, 6.45) is 5.73. The Balaban J connectivity index is 2.84. The zero-order chi connectivity index (χ0) is 12.2. The van der Waals surface area contributed by atoms with E-state index in [-0.39, 0.29) is 0 Å². The number of hydrogen-bond donors (Lipinski definition) is 1. The van der Waals surface area contributed by atoms with Crippen molar-refractivity contribution in [3.05, 3.63) is 23.9 Å². The maximum Gasteiger partial charge on any atom is 0.254 e. The van der Waals surface area contributed by atoms with E-state index in [1.54, 1.807) is 6.08 Å². The van der Waals surface area contributed by atoms with Crippen molar-refractivity contribution in [3.8, 4) is 0 Å². The summed E-state index contributed by atoms with van der Waals surface area (Å²) in [7, 11) is 0. The van der Waals surface area contributed by atoms with Gasteiger partial charge in [0.05, 0.1) is 5.70 Å². The highest BCUT2D eigenvalue weighted by molar-refractivity contribution is 6.77. The Morgan fingerprint density at radius 3 is 2.62 bits per heavy atom. The van der Waals surface area contributed by atoms with Crippen LogP contribution < -0.4 is 5.32 Å². The monoisotopic (exact) mass is 281 g/mol. The van der Waals surface area contributed by atoms with E-state index in [1.807, 2.05) is 0 Å². The van der Waals surface area contributed by atoms with E-state index >= 15 is 0 Å². The van der Waals surface area contributed by atoms with Gasteiger partial charge in [-0.05, 0) is 25.3 Å². The van der Waals surface area contributed by atoms with Crippen molar-refractivity contribution in [3.63, 3.8) is 0 Å². The van der Waals surface area contributed by atoms with Gasteiger partial charge in [-0.15, -0.1) is 0 Å². The SMILES string of the molecule is C=C1/C=C(/C(=O)C(Cl)(Cl)Cl)NCCCCC1. The molecule has 0 aromatic carbocycles. The second-order valence-corrected chi connectivity index (χ2v) is 6.06. The first-order valence-electron chi connectivity index (χ1n) is 5.16. The fourth-order valence-corrected chi connectivity index (χ4v) is 1.81. The average molecular weight is 283 g/mol. The minimum absolute atomic E-state index is 0.340. The van der Waals surface area contributed by atoms with Gasteiger partial charge in [-0.3, -0.25) is 4.79 Å². The fourth-order valence-electron chi connectivity index (χ4n) is 1.50. The lowest BCUT2D eigenvalue weighted by atomic mass is 10.1. The van der Waals surface area contributed by atoms with Gasteiger partial charge in [-0.2, -0.15) is 0 Å². The van der Waals surface area contributed by atoms with Crippen LogP contribution in [0.1, 0.15) is 25.7 Å². The Bertz CT molecular complexity index is 318. The summed E-state index contributed by atoms with van der Waals surface area (Å²) in [5, 5.41) is 3.00. The average Bonchev–Trinajstić information content (AvgIpc) is 2.27. The zero-order valence-electron chi connectivity index (χ0n) is 8.86. The standard InChI is InChI=1S/C11H14Cl3NO/c1-8-5-3-2-4-6-15-9(7-8)10(16)11(12,13)14/h7,15H,1-6H2/b9-7-. The van der Waals surface area contributed by atoms with Crippen molar-refractivity contribution in [1.29, 1.82) is 0 Å². The van der Waals surface area contributed by atoms with E-state index in [2.05, 4.69) is 11.9 Å². The number of rotatable bonds is 1. The molecule has 1 aliphatic rings. The third-order valence-electron chi connectivity index (χ3n) is 2.34. The van der Waals surface area contributed by atoms with Gasteiger partial charge in [0, 0.05) is 6.54 Å². The summed E-state index contributed by atoms with van der Waals surface area (Å²) < 4.78 is -1.91. The molecular formula is C11H14Cl3NO. The van der Waals surface area contributed by atoms with Crippen molar-refractivity contribution < 1.29 is 4.79 Å². The summed E-state index contributed by atoms with van der Waals surface area (Å²) in [6.45, 7) is 4.59. The first-order valence-corrected chi connectivity index (χ1v) is 6.29. The van der Waals surface area contributed by atoms with E-state index in [1.165, 1.54) is 0 Å². The minimum atomic E-state index is -1.91. The number of ketones is 1. The Morgan fingerprint density at radius 1 is 1.31 bits per heavy atom. The van der Waals surface area contributed by atoms with Crippen LogP contribution in [0.4, 0.5) is 0 Å². The van der Waals surface area contributed by atoms with Crippen LogP contribution in [0.3, 0.4) is 0 Å². The lowest BCUT2D eigenvalue weighted by Crippen LogP contribution is -2.30. The number of halogens is 3. The van der Waals surface area contributed by atoms with Gasteiger partial charge in [0.1, 0.15) is 0 Å². The van der Waals surface area contributed by atoms with Crippen molar-refractivity contribution in [2.45, 2.75) is 29.5 Å². The molecule has 1 aliphatic heterocycles. The molecule has 0 aromatic rings. The Kier molecular flexibility index (Phi) is 5.16. The molecule has 2 nitrogen and oxygen atoms in total. The Morgan fingerprint density at radius 2 is 2.00 bits per heavy atom. The number of hydrogen-bond acceptors (Lipinski definition) is 2. The minimum Gasteiger partial charge on any atom is -0.382 e. The topological polar surface area (TPSA) is 29.1 Å². The molecule has 0 unspecified atom stereocenters. The normalized spacial score (nSPS) is 22.2. The summed E-state index contributed by atoms with van der Waals surface area (Å²) in [5.74, 6) is -0.527. The van der Waals surface area contributed by atoms with E-state index in [0.29, 0.717) is 12.2 Å². The highest BCUT2D eigenvalue weighted by Gasteiger charge is 2.33. The van der Waals surface area contributed by atoms with Crippen LogP contribution in [-0.4, -0.2) is 16.1 Å². The van der Waals surface area contributed by atoms with E-state index < -0.39 is 9.58 Å². The fraction of sp³-hybridized carbons (Fsp3) is 0.545. The Hall–Kier alpha value is -0.180. The number of carbonyl (C=O) groups excluding carboxylic acids is 1. The van der Waals surface area contributed by atoms with Gasteiger partial charge >= 0.3 is 0 Å². The third-order valence-corrected chi connectivity index (χ3v) is 2.86. The van der Waals surface area contributed by atoms with Crippen molar-refractivity contribution in [2.75, 3.05) is 6.54 Å². The van der Waals surface area contributed by atoms with Gasteiger partial charge in [0.15, 0.2) is 0 Å². The maximum absolute atomic E-state index is 11.8. The smallest absolute Gasteiger partial charge is 0.254 e. The molecule has 0 saturated heterocycles. The highest BCUT2D eigenvalue weighted by atomic mass is 35.6. The molecule has 0 aliphatic carbocycles. The third kappa shape index (κ3) is 4.36. The highest BCUT2D eigenvalue weighted by Crippen LogP contribution is 2.30. The summed E-state index contributed by atoms with van der Waals surface area (Å²) in [6, 6.07) is 0. The molecule has 0 radical (unpaired) electrons. The van der Waals surface area contributed by atoms with Gasteiger partial charge in [-0.1, -0.05) is 53.4 Å². The van der Waals surface area contributed by atoms with E-state index in [9.17, 15) is 4.79 Å². The zero-order valence-corrected chi connectivity index (χ0v) is 11.1. The molecule has 16 heavy (non-hydrogen) atoms. The molecule has 90 valence electrons. The molecule has 0 atom stereocenters. The molecule has 0 spiro atoms. The van der Waals surface area contributed by atoms with Gasteiger partial charge < -0.3 is 5.32 Å². The number of Topliss-reactive ketones (excluding diaryl/α,β-unsaturated/α-hetero) is 1. The number of allylic oxidation sites excluding steroid dienone is 3. The number of alkyl halides is 3. The van der Waals surface area contributed by atoms with Crippen LogP contribution in [0.25, 0.3) is 0 Å². The maximum atomic E-state index is 11.8. The summed E-state index contributed by atoms with van der Waals surface area (Å²) in [5.41, 5.74) is 1.22.